The average Bonchev–Trinajstić information content (AvgIpc) is 3.43. The lowest BCUT2D eigenvalue weighted by Crippen LogP contribution is -2.68. The zero-order chi connectivity index (χ0) is 47.7. The van der Waals surface area contributed by atoms with Crippen molar-refractivity contribution >= 4 is 30.6 Å². The van der Waals surface area contributed by atoms with Crippen molar-refractivity contribution in [3.8, 4) is 0 Å². The molecule has 0 unspecified atom stereocenters. The number of rotatable bonds is 30. The van der Waals surface area contributed by atoms with Crippen LogP contribution >= 0.6 is 0 Å². The fraction of sp³-hybridized carbons (Fsp3) is 0.564. The lowest BCUT2D eigenvalue weighted by atomic mass is 10.0. The molecule has 2 N–H and O–H groups in total. The van der Waals surface area contributed by atoms with Gasteiger partial charge in [0.1, 0.15) is 12.1 Å². The molecule has 3 aromatic carbocycles. The Balaban J connectivity index is 1.32. The number of ether oxygens (including phenoxy) is 2. The zero-order valence-corrected chi connectivity index (χ0v) is 42.1. The van der Waals surface area contributed by atoms with Crippen LogP contribution in [0.15, 0.2) is 113 Å². The number of esters is 1. The van der Waals surface area contributed by atoms with Crippen LogP contribution in [0.25, 0.3) is 0 Å². The first kappa shape index (κ1) is 53.3. The van der Waals surface area contributed by atoms with Crippen LogP contribution in [0.1, 0.15) is 142 Å². The summed E-state index contributed by atoms with van der Waals surface area (Å²) < 4.78 is 21.7. The number of unbranched alkanes of at least 4 members (excludes halogenated alkanes) is 14. The van der Waals surface area contributed by atoms with Gasteiger partial charge in [-0.3, -0.25) is 24.3 Å². The number of nitrogens with one attached hydrogen (secondary N) is 2. The van der Waals surface area contributed by atoms with E-state index >= 15 is 0 Å². The summed E-state index contributed by atoms with van der Waals surface area (Å²) in [5, 5.41) is 5.29. The Morgan fingerprint density at radius 2 is 1.21 bits per heavy atom. The third kappa shape index (κ3) is 17.1. The monoisotopic (exact) mass is 937 g/mol. The summed E-state index contributed by atoms with van der Waals surface area (Å²) in [4.78, 5) is 56.9. The third-order valence-electron chi connectivity index (χ3n) is 13.2. The molecular weight excluding hydrogens is 857 g/mol. The van der Waals surface area contributed by atoms with Gasteiger partial charge in [0.05, 0.1) is 25.9 Å². The number of amides is 1. The maximum atomic E-state index is 14.6. The van der Waals surface area contributed by atoms with Crippen molar-refractivity contribution in [2.75, 3.05) is 26.3 Å². The van der Waals surface area contributed by atoms with E-state index in [0.29, 0.717) is 39.1 Å². The maximum Gasteiger partial charge on any atom is 0.328 e. The molecule has 1 aliphatic heterocycles. The predicted octanol–water partition coefficient (Wildman–Crippen LogP) is 9.06. The van der Waals surface area contributed by atoms with E-state index < -0.39 is 37.8 Å². The number of carbonyl (C=O) groups is 2. The van der Waals surface area contributed by atoms with E-state index in [1.165, 1.54) is 81.0 Å². The number of aryl methyl sites for hydroxylation is 1. The van der Waals surface area contributed by atoms with Crippen LogP contribution in [0.2, 0.25) is 5.04 Å². The standard InChI is InChI=1S/C55H80N4O7Si/c1-5-6-7-8-9-10-11-12-13-14-15-16-27-36-52(61)66-50-41-59(39-29-20-28-38-58-40-37-51(60)57-54(58)63)49(44-64-42-45-30-21-17-22-31-45)53(62)56-48(50)43-65-67(55(2,3)4,46-32-23-18-24-33-46)47-34-25-19-26-35-47/h17-19,21-26,30-35,37,40,48-50H,5-16,20,27-29,36,38-39,41-44H2,1-4H3,(H,56,62)(H,57,60,63)/t48-,49+,50+/m1/s1. The first-order chi connectivity index (χ1) is 32.5. The Kier molecular flexibility index (Phi) is 22.8. The van der Waals surface area contributed by atoms with Gasteiger partial charge in [0.25, 0.3) is 13.9 Å². The zero-order valence-electron chi connectivity index (χ0n) is 41.1. The van der Waals surface area contributed by atoms with E-state index in [2.05, 4.69) is 91.4 Å². The highest BCUT2D eigenvalue weighted by Gasteiger charge is 2.51. The van der Waals surface area contributed by atoms with Gasteiger partial charge in [0, 0.05) is 31.8 Å². The Hall–Kier alpha value is -4.62. The van der Waals surface area contributed by atoms with Gasteiger partial charge in [-0.25, -0.2) is 4.79 Å². The molecule has 3 atom stereocenters. The van der Waals surface area contributed by atoms with E-state index in [4.69, 9.17) is 13.9 Å². The summed E-state index contributed by atoms with van der Waals surface area (Å²) in [6.45, 7) is 10.9. The minimum atomic E-state index is -3.03. The summed E-state index contributed by atoms with van der Waals surface area (Å²) in [5.74, 6) is -0.457. The molecule has 12 heteroatoms. The van der Waals surface area contributed by atoms with Crippen molar-refractivity contribution in [2.24, 2.45) is 0 Å². The highest BCUT2D eigenvalue weighted by molar-refractivity contribution is 6.99. The predicted molar refractivity (Wildman–Crippen MR) is 272 cm³/mol. The van der Waals surface area contributed by atoms with Crippen molar-refractivity contribution in [2.45, 2.75) is 173 Å². The molecule has 1 aliphatic rings. The van der Waals surface area contributed by atoms with Gasteiger partial charge in [-0.2, -0.15) is 0 Å². The normalized spacial score (nSPS) is 17.0. The van der Waals surface area contributed by atoms with E-state index in [1.54, 1.807) is 0 Å². The SMILES string of the molecule is CCCCCCCCCCCCCCCC(=O)O[C@H]1CN(CCCCCn2ccc(=O)[nH]c2=O)[C@@H](COCc2ccccc2)C(=O)N[C@@H]1CO[Si](c1ccccc1)(c1ccccc1)C(C)(C)C. The second kappa shape index (κ2) is 28.6. The van der Waals surface area contributed by atoms with E-state index in [-0.39, 0.29) is 30.1 Å². The number of benzene rings is 3. The largest absolute Gasteiger partial charge is 0.459 e. The number of aromatic amines is 1. The van der Waals surface area contributed by atoms with Crippen LogP contribution in [0.5, 0.6) is 0 Å². The molecule has 1 aromatic heterocycles. The molecular formula is C55H80N4O7Si. The highest BCUT2D eigenvalue weighted by Crippen LogP contribution is 2.37. The molecule has 0 spiro atoms. The van der Waals surface area contributed by atoms with Crippen LogP contribution in [-0.2, 0) is 36.6 Å². The van der Waals surface area contributed by atoms with E-state index in [0.717, 1.165) is 48.0 Å². The fourth-order valence-corrected chi connectivity index (χ4v) is 14.1. The van der Waals surface area contributed by atoms with Crippen molar-refractivity contribution in [1.29, 1.82) is 0 Å². The molecule has 1 fully saturated rings. The molecule has 0 bridgehead atoms. The second-order valence-corrected chi connectivity index (χ2v) is 23.8. The number of hydrogen-bond donors (Lipinski definition) is 2. The molecule has 366 valence electrons. The summed E-state index contributed by atoms with van der Waals surface area (Å²) in [6, 6.07) is 30.9. The van der Waals surface area contributed by atoms with Crippen LogP contribution in [-0.4, -0.2) is 79.1 Å². The number of H-pyrrole nitrogens is 1. The van der Waals surface area contributed by atoms with Gasteiger partial charge in [-0.05, 0) is 46.8 Å². The quantitative estimate of drug-likeness (QED) is 0.0301. The smallest absolute Gasteiger partial charge is 0.328 e. The van der Waals surface area contributed by atoms with Gasteiger partial charge in [0.15, 0.2) is 0 Å². The van der Waals surface area contributed by atoms with E-state index in [9.17, 15) is 19.2 Å². The fourth-order valence-electron chi connectivity index (χ4n) is 9.47. The summed E-state index contributed by atoms with van der Waals surface area (Å²) in [7, 11) is -3.03. The highest BCUT2D eigenvalue weighted by atomic mass is 28.4. The molecule has 0 saturated carbocycles. The molecule has 1 saturated heterocycles. The van der Waals surface area contributed by atoms with Crippen LogP contribution in [0.4, 0.5) is 0 Å². The molecule has 67 heavy (non-hydrogen) atoms. The lowest BCUT2D eigenvalue weighted by Gasteiger charge is -2.44. The van der Waals surface area contributed by atoms with Crippen molar-refractivity contribution < 1.29 is 23.5 Å². The topological polar surface area (TPSA) is 132 Å². The van der Waals surface area contributed by atoms with Crippen LogP contribution in [0.3, 0.4) is 0 Å². The third-order valence-corrected chi connectivity index (χ3v) is 18.2. The van der Waals surface area contributed by atoms with Crippen molar-refractivity contribution in [3.63, 3.8) is 0 Å². The van der Waals surface area contributed by atoms with Crippen molar-refractivity contribution in [3.05, 3.63) is 130 Å². The lowest BCUT2D eigenvalue weighted by molar-refractivity contribution is -0.152. The summed E-state index contributed by atoms with van der Waals surface area (Å²) in [6.07, 6.45) is 19.3. The van der Waals surface area contributed by atoms with Crippen LogP contribution in [0, 0.1) is 0 Å². The average molecular weight is 937 g/mol. The maximum absolute atomic E-state index is 14.6. The number of carbonyl (C=O) groups excluding carboxylic acids is 2. The van der Waals surface area contributed by atoms with Gasteiger partial charge < -0.3 is 23.8 Å². The molecule has 1 amide bonds. The Morgan fingerprint density at radius 1 is 0.672 bits per heavy atom. The number of hydrogen-bond acceptors (Lipinski definition) is 8. The molecule has 0 radical (unpaired) electrons. The van der Waals surface area contributed by atoms with E-state index in [1.807, 2.05) is 42.5 Å². The second-order valence-electron chi connectivity index (χ2n) is 19.5. The molecule has 2 heterocycles. The van der Waals surface area contributed by atoms with Gasteiger partial charge in [0.2, 0.25) is 5.91 Å². The first-order valence-corrected chi connectivity index (χ1v) is 27.3. The molecule has 0 aliphatic carbocycles. The molecule has 11 nitrogen and oxygen atoms in total. The summed E-state index contributed by atoms with van der Waals surface area (Å²) >= 11 is 0. The number of nitrogens with zero attached hydrogens (tertiary/aromatic N) is 2. The number of aromatic nitrogens is 2. The van der Waals surface area contributed by atoms with Crippen molar-refractivity contribution in [1.82, 2.24) is 19.8 Å². The Morgan fingerprint density at radius 3 is 1.78 bits per heavy atom. The first-order valence-electron chi connectivity index (χ1n) is 25.4. The van der Waals surface area contributed by atoms with Gasteiger partial charge in [-0.1, -0.05) is 202 Å². The van der Waals surface area contributed by atoms with Gasteiger partial charge >= 0.3 is 11.7 Å². The Bertz CT molecular complexity index is 2090. The van der Waals surface area contributed by atoms with Crippen LogP contribution < -0.4 is 26.9 Å². The minimum absolute atomic E-state index is 0.148. The van der Waals surface area contributed by atoms with Gasteiger partial charge in [-0.15, -0.1) is 0 Å². The summed E-state index contributed by atoms with van der Waals surface area (Å²) in [5.41, 5.74) is 0.162. The minimum Gasteiger partial charge on any atom is -0.459 e. The Labute approximate surface area is 401 Å². The molecule has 5 rings (SSSR count). The molecule has 4 aromatic rings.